The molecular formula is C16H19NO2S. The molecular weight excluding hydrogens is 270 g/mol. The van der Waals surface area contributed by atoms with Gasteiger partial charge in [-0.3, -0.25) is 4.90 Å². The average molecular weight is 289 g/mol. The average Bonchev–Trinajstić information content (AvgIpc) is 2.96. The Bertz CT molecular complexity index is 516. The van der Waals surface area contributed by atoms with E-state index < -0.39 is 0 Å². The summed E-state index contributed by atoms with van der Waals surface area (Å²) >= 11 is 1.92. The van der Waals surface area contributed by atoms with Gasteiger partial charge in [0.25, 0.3) is 0 Å². The molecule has 1 N–H and O–H groups in total. The maximum Gasteiger partial charge on any atom is 0.117 e. The highest BCUT2D eigenvalue weighted by Gasteiger charge is 2.20. The Balaban J connectivity index is 1.47. The summed E-state index contributed by atoms with van der Waals surface area (Å²) in [6.07, 6.45) is 4.14. The van der Waals surface area contributed by atoms with Crippen molar-refractivity contribution >= 4 is 11.8 Å². The zero-order valence-electron chi connectivity index (χ0n) is 11.4. The Morgan fingerprint density at radius 2 is 1.90 bits per heavy atom. The van der Waals surface area contributed by atoms with Gasteiger partial charge in [-0.25, -0.2) is 0 Å². The van der Waals surface area contributed by atoms with Crippen molar-refractivity contribution in [1.82, 2.24) is 4.90 Å². The number of furan rings is 1. The molecule has 0 bridgehead atoms. The van der Waals surface area contributed by atoms with Crippen LogP contribution in [0.15, 0.2) is 52.0 Å². The molecule has 0 spiro atoms. The number of hydrogen-bond donors (Lipinski definition) is 1. The van der Waals surface area contributed by atoms with Crippen molar-refractivity contribution in [3.63, 3.8) is 0 Å². The third kappa shape index (κ3) is 3.58. The van der Waals surface area contributed by atoms with Gasteiger partial charge in [0.1, 0.15) is 11.5 Å². The molecule has 1 fully saturated rings. The van der Waals surface area contributed by atoms with Crippen molar-refractivity contribution in [3.8, 4) is 5.75 Å². The van der Waals surface area contributed by atoms with E-state index in [4.69, 9.17) is 4.42 Å². The molecule has 2 aromatic rings. The van der Waals surface area contributed by atoms with E-state index in [-0.39, 0.29) is 0 Å². The van der Waals surface area contributed by atoms with Gasteiger partial charge in [-0.1, -0.05) is 0 Å². The van der Waals surface area contributed by atoms with Crippen LogP contribution >= 0.6 is 11.8 Å². The van der Waals surface area contributed by atoms with Crippen LogP contribution in [0.1, 0.15) is 18.6 Å². The third-order valence-corrected chi connectivity index (χ3v) is 4.98. The van der Waals surface area contributed by atoms with Crippen LogP contribution in [-0.2, 0) is 6.54 Å². The zero-order valence-corrected chi connectivity index (χ0v) is 12.2. The second-order valence-corrected chi connectivity index (χ2v) is 6.54. The topological polar surface area (TPSA) is 36.6 Å². The molecule has 20 heavy (non-hydrogen) atoms. The molecule has 1 saturated heterocycles. The number of piperidine rings is 1. The van der Waals surface area contributed by atoms with Crippen molar-refractivity contribution in [2.24, 2.45) is 0 Å². The summed E-state index contributed by atoms with van der Waals surface area (Å²) < 4.78 is 5.40. The quantitative estimate of drug-likeness (QED) is 0.930. The van der Waals surface area contributed by atoms with Crippen molar-refractivity contribution in [2.45, 2.75) is 29.5 Å². The predicted octanol–water partition coefficient (Wildman–Crippen LogP) is 3.74. The minimum atomic E-state index is 0.336. The molecule has 1 aromatic heterocycles. The Morgan fingerprint density at radius 3 is 2.55 bits per heavy atom. The van der Waals surface area contributed by atoms with Crippen LogP contribution in [0.4, 0.5) is 0 Å². The van der Waals surface area contributed by atoms with Crippen molar-refractivity contribution < 1.29 is 9.52 Å². The summed E-state index contributed by atoms with van der Waals surface area (Å²) in [5, 5.41) is 9.97. The van der Waals surface area contributed by atoms with E-state index in [1.165, 1.54) is 17.7 Å². The van der Waals surface area contributed by atoms with Crippen molar-refractivity contribution in [3.05, 3.63) is 48.4 Å². The van der Waals surface area contributed by atoms with E-state index in [2.05, 4.69) is 4.90 Å². The number of likely N-dealkylation sites (tertiary alicyclic amines) is 1. The molecule has 0 radical (unpaired) electrons. The molecule has 0 amide bonds. The second-order valence-electron chi connectivity index (χ2n) is 5.17. The van der Waals surface area contributed by atoms with Gasteiger partial charge in [-0.05, 0) is 62.3 Å². The molecule has 2 heterocycles. The highest BCUT2D eigenvalue weighted by Crippen LogP contribution is 2.31. The molecule has 4 heteroatoms. The largest absolute Gasteiger partial charge is 0.508 e. The fourth-order valence-electron chi connectivity index (χ4n) is 2.53. The van der Waals surface area contributed by atoms with Crippen molar-refractivity contribution in [2.75, 3.05) is 13.1 Å². The SMILES string of the molecule is Oc1ccc(SC2CCN(Cc3ccco3)CC2)cc1. The van der Waals surface area contributed by atoms with Gasteiger partial charge in [-0.2, -0.15) is 0 Å². The van der Waals surface area contributed by atoms with Gasteiger partial charge in [0.15, 0.2) is 0 Å². The monoisotopic (exact) mass is 289 g/mol. The zero-order chi connectivity index (χ0) is 13.8. The van der Waals surface area contributed by atoms with E-state index in [9.17, 15) is 5.11 Å². The molecule has 0 atom stereocenters. The minimum absolute atomic E-state index is 0.336. The van der Waals surface area contributed by atoms with E-state index >= 15 is 0 Å². The lowest BCUT2D eigenvalue weighted by Crippen LogP contribution is -2.34. The molecule has 106 valence electrons. The predicted molar refractivity (Wildman–Crippen MR) is 81.0 cm³/mol. The van der Waals surface area contributed by atoms with Crippen LogP contribution in [0.5, 0.6) is 5.75 Å². The van der Waals surface area contributed by atoms with E-state index in [1.807, 2.05) is 36.0 Å². The summed E-state index contributed by atoms with van der Waals surface area (Å²) in [5.41, 5.74) is 0. The lowest BCUT2D eigenvalue weighted by molar-refractivity contribution is 0.208. The van der Waals surface area contributed by atoms with Crippen LogP contribution in [0.25, 0.3) is 0 Å². The van der Waals surface area contributed by atoms with Gasteiger partial charge >= 0.3 is 0 Å². The summed E-state index contributed by atoms with van der Waals surface area (Å²) in [5.74, 6) is 1.39. The summed E-state index contributed by atoms with van der Waals surface area (Å²) in [6.45, 7) is 3.16. The Kier molecular flexibility index (Phi) is 4.33. The summed E-state index contributed by atoms with van der Waals surface area (Å²) in [6, 6.07) is 11.5. The van der Waals surface area contributed by atoms with Gasteiger partial charge < -0.3 is 9.52 Å². The maximum absolute atomic E-state index is 9.29. The Morgan fingerprint density at radius 1 is 1.15 bits per heavy atom. The number of phenolic OH excluding ortho intramolecular Hbond substituents is 1. The van der Waals surface area contributed by atoms with Gasteiger partial charge in [0.05, 0.1) is 12.8 Å². The molecule has 3 nitrogen and oxygen atoms in total. The lowest BCUT2D eigenvalue weighted by atomic mass is 10.1. The first kappa shape index (κ1) is 13.6. The number of hydrogen-bond acceptors (Lipinski definition) is 4. The number of nitrogens with zero attached hydrogens (tertiary/aromatic N) is 1. The molecule has 1 aromatic carbocycles. The highest BCUT2D eigenvalue weighted by atomic mass is 32.2. The minimum Gasteiger partial charge on any atom is -0.508 e. The van der Waals surface area contributed by atoms with Crippen LogP contribution in [0.2, 0.25) is 0 Å². The van der Waals surface area contributed by atoms with E-state index in [0.29, 0.717) is 11.0 Å². The highest BCUT2D eigenvalue weighted by molar-refractivity contribution is 8.00. The van der Waals surface area contributed by atoms with Gasteiger partial charge in [0.2, 0.25) is 0 Å². The van der Waals surface area contributed by atoms with Crippen LogP contribution < -0.4 is 0 Å². The first-order chi connectivity index (χ1) is 9.79. The number of aromatic hydroxyl groups is 1. The smallest absolute Gasteiger partial charge is 0.117 e. The van der Waals surface area contributed by atoms with Crippen LogP contribution in [-0.4, -0.2) is 28.3 Å². The maximum atomic E-state index is 9.29. The molecule has 0 saturated carbocycles. The first-order valence-corrected chi connectivity index (χ1v) is 7.88. The first-order valence-electron chi connectivity index (χ1n) is 7.00. The second kappa shape index (κ2) is 6.37. The number of thioether (sulfide) groups is 1. The summed E-state index contributed by atoms with van der Waals surface area (Å²) in [7, 11) is 0. The Hall–Kier alpha value is -1.39. The van der Waals surface area contributed by atoms with Crippen LogP contribution in [0, 0.1) is 0 Å². The third-order valence-electron chi connectivity index (χ3n) is 3.63. The standard InChI is InChI=1S/C16H19NO2S/c18-13-3-5-15(6-4-13)20-16-7-9-17(10-8-16)12-14-2-1-11-19-14/h1-6,11,16,18H,7-10,12H2. The summed E-state index contributed by atoms with van der Waals surface area (Å²) in [4.78, 5) is 3.69. The normalized spacial score (nSPS) is 17.4. The fraction of sp³-hybridized carbons (Fsp3) is 0.375. The van der Waals surface area contributed by atoms with Gasteiger partial charge in [-0.15, -0.1) is 11.8 Å². The molecule has 3 rings (SSSR count). The molecule has 1 aliphatic rings. The van der Waals surface area contributed by atoms with E-state index in [1.54, 1.807) is 18.4 Å². The molecule has 1 aliphatic heterocycles. The lowest BCUT2D eigenvalue weighted by Gasteiger charge is -2.30. The van der Waals surface area contributed by atoms with Gasteiger partial charge in [0, 0.05) is 10.1 Å². The number of rotatable bonds is 4. The number of phenols is 1. The fourth-order valence-corrected chi connectivity index (χ4v) is 3.65. The van der Waals surface area contributed by atoms with Crippen molar-refractivity contribution in [1.29, 1.82) is 0 Å². The van der Waals surface area contributed by atoms with Crippen LogP contribution in [0.3, 0.4) is 0 Å². The van der Waals surface area contributed by atoms with E-state index in [0.717, 1.165) is 25.4 Å². The molecule has 0 unspecified atom stereocenters. The molecule has 0 aliphatic carbocycles. The Labute approximate surface area is 123 Å². The number of benzene rings is 1.